The number of piperidine rings is 1. The number of aryl methyl sites for hydroxylation is 1. The number of carbonyl (C=O) groups is 3. The Kier molecular flexibility index (Phi) is 2.86. The Balaban J connectivity index is 1.34. The molecule has 3 fully saturated rings. The third kappa shape index (κ3) is 2.03. The second kappa shape index (κ2) is 4.66. The van der Waals surface area contributed by atoms with Gasteiger partial charge in [0.1, 0.15) is 0 Å². The van der Waals surface area contributed by atoms with Crippen molar-refractivity contribution in [3.8, 4) is 0 Å². The lowest BCUT2D eigenvalue weighted by Crippen LogP contribution is -2.63. The van der Waals surface area contributed by atoms with Crippen molar-refractivity contribution in [2.45, 2.75) is 25.8 Å². The normalized spacial score (nSPS) is 27.0. The van der Waals surface area contributed by atoms with Crippen LogP contribution in [0, 0.1) is 18.8 Å². The second-order valence-corrected chi connectivity index (χ2v) is 6.61. The lowest BCUT2D eigenvalue weighted by molar-refractivity contribution is -0.153. The van der Waals surface area contributed by atoms with Crippen LogP contribution >= 0.6 is 0 Å². The molecule has 2 aliphatic heterocycles. The minimum Gasteiger partial charge on any atom is -0.338 e. The number of amides is 3. The summed E-state index contributed by atoms with van der Waals surface area (Å²) in [5, 5.41) is 0. The van der Waals surface area contributed by atoms with E-state index in [-0.39, 0.29) is 35.6 Å². The molecule has 0 radical (unpaired) electrons. The molecule has 1 aromatic rings. The summed E-state index contributed by atoms with van der Waals surface area (Å²) in [6.07, 6.45) is 1.11. The van der Waals surface area contributed by atoms with Gasteiger partial charge in [-0.05, 0) is 18.9 Å². The van der Waals surface area contributed by atoms with E-state index in [1.807, 2.05) is 31.2 Å². The van der Waals surface area contributed by atoms with Gasteiger partial charge < -0.3 is 4.90 Å². The molecule has 2 saturated heterocycles. The van der Waals surface area contributed by atoms with Crippen LogP contribution in [0.1, 0.15) is 17.5 Å². The van der Waals surface area contributed by atoms with Gasteiger partial charge in [-0.2, -0.15) is 0 Å². The molecular formula is C17H18N2O3. The molecule has 3 aliphatic rings. The Bertz CT molecular complexity index is 658. The highest BCUT2D eigenvalue weighted by molar-refractivity contribution is 6.09. The van der Waals surface area contributed by atoms with Crippen LogP contribution in [0.2, 0.25) is 0 Å². The van der Waals surface area contributed by atoms with Crippen LogP contribution in [0.15, 0.2) is 24.3 Å². The predicted octanol–water partition coefficient (Wildman–Crippen LogP) is 0.753. The zero-order valence-electron chi connectivity index (χ0n) is 12.5. The Hall–Kier alpha value is -2.17. The fourth-order valence-electron chi connectivity index (χ4n) is 3.50. The van der Waals surface area contributed by atoms with Crippen LogP contribution < -0.4 is 0 Å². The highest BCUT2D eigenvalue weighted by Crippen LogP contribution is 2.48. The molecule has 0 N–H and O–H groups in total. The number of carbonyl (C=O) groups excluding carboxylic acids is 3. The SMILES string of the molecule is Cc1cccc(CC(=O)N2CC(N3C(=O)C4CC4C3=O)C2)c1. The Morgan fingerprint density at radius 3 is 2.50 bits per heavy atom. The van der Waals surface area contributed by atoms with Gasteiger partial charge in [-0.15, -0.1) is 0 Å². The van der Waals surface area contributed by atoms with E-state index < -0.39 is 0 Å². The van der Waals surface area contributed by atoms with Gasteiger partial charge >= 0.3 is 0 Å². The number of benzene rings is 1. The van der Waals surface area contributed by atoms with E-state index in [2.05, 4.69) is 0 Å². The minimum absolute atomic E-state index is 0.0224. The molecule has 0 bridgehead atoms. The van der Waals surface area contributed by atoms with Crippen molar-refractivity contribution in [2.75, 3.05) is 13.1 Å². The highest BCUT2D eigenvalue weighted by atomic mass is 16.2. The van der Waals surface area contributed by atoms with E-state index in [1.165, 1.54) is 4.90 Å². The van der Waals surface area contributed by atoms with E-state index >= 15 is 0 Å². The molecule has 4 rings (SSSR count). The van der Waals surface area contributed by atoms with Gasteiger partial charge in [-0.25, -0.2) is 0 Å². The molecule has 5 nitrogen and oxygen atoms in total. The van der Waals surface area contributed by atoms with Gasteiger partial charge in [0.05, 0.1) is 24.3 Å². The zero-order valence-corrected chi connectivity index (χ0v) is 12.5. The van der Waals surface area contributed by atoms with Crippen LogP contribution in [0.3, 0.4) is 0 Å². The third-order valence-corrected chi connectivity index (χ3v) is 4.92. The van der Waals surface area contributed by atoms with Crippen molar-refractivity contribution in [3.63, 3.8) is 0 Å². The Morgan fingerprint density at radius 1 is 1.18 bits per heavy atom. The maximum absolute atomic E-state index is 12.2. The second-order valence-electron chi connectivity index (χ2n) is 6.61. The van der Waals surface area contributed by atoms with E-state index in [4.69, 9.17) is 0 Å². The van der Waals surface area contributed by atoms with Crippen molar-refractivity contribution in [2.24, 2.45) is 11.8 Å². The van der Waals surface area contributed by atoms with E-state index in [1.54, 1.807) is 4.90 Å². The average molecular weight is 298 g/mol. The zero-order chi connectivity index (χ0) is 15.4. The molecule has 2 unspecified atom stereocenters. The summed E-state index contributed by atoms with van der Waals surface area (Å²) in [4.78, 5) is 39.4. The molecule has 2 atom stereocenters. The topological polar surface area (TPSA) is 57.7 Å². The van der Waals surface area contributed by atoms with Gasteiger partial charge in [0.2, 0.25) is 17.7 Å². The largest absolute Gasteiger partial charge is 0.338 e. The van der Waals surface area contributed by atoms with Crippen LogP contribution in [0.4, 0.5) is 0 Å². The molecule has 0 aromatic heterocycles. The number of likely N-dealkylation sites (tertiary alicyclic amines) is 2. The van der Waals surface area contributed by atoms with Crippen LogP contribution in [-0.4, -0.2) is 46.7 Å². The summed E-state index contributed by atoms with van der Waals surface area (Å²) < 4.78 is 0. The summed E-state index contributed by atoms with van der Waals surface area (Å²) in [6.45, 7) is 2.98. The molecule has 3 amide bonds. The molecule has 22 heavy (non-hydrogen) atoms. The molecule has 114 valence electrons. The quantitative estimate of drug-likeness (QED) is 0.774. The Morgan fingerprint density at radius 2 is 1.86 bits per heavy atom. The van der Waals surface area contributed by atoms with Crippen molar-refractivity contribution < 1.29 is 14.4 Å². The standard InChI is InChI=1S/C17H18N2O3/c1-10-3-2-4-11(5-10)6-15(20)18-8-12(9-18)19-16(21)13-7-14(13)17(19)22/h2-5,12-14H,6-9H2,1H3. The van der Waals surface area contributed by atoms with E-state index in [0.29, 0.717) is 19.5 Å². The number of nitrogens with zero attached hydrogens (tertiary/aromatic N) is 2. The first-order chi connectivity index (χ1) is 10.5. The maximum atomic E-state index is 12.2. The van der Waals surface area contributed by atoms with Gasteiger partial charge in [0.25, 0.3) is 0 Å². The van der Waals surface area contributed by atoms with Crippen molar-refractivity contribution in [1.29, 1.82) is 0 Å². The molecule has 0 spiro atoms. The van der Waals surface area contributed by atoms with Gasteiger partial charge in [0, 0.05) is 13.1 Å². The predicted molar refractivity (Wildman–Crippen MR) is 78.7 cm³/mol. The lowest BCUT2D eigenvalue weighted by atomic mass is 10.0. The van der Waals surface area contributed by atoms with Crippen molar-refractivity contribution >= 4 is 17.7 Å². The molecular weight excluding hydrogens is 280 g/mol. The number of hydrogen-bond acceptors (Lipinski definition) is 3. The fourth-order valence-corrected chi connectivity index (χ4v) is 3.50. The minimum atomic E-state index is -0.103. The number of rotatable bonds is 3. The van der Waals surface area contributed by atoms with Gasteiger partial charge in [-0.1, -0.05) is 29.8 Å². The first-order valence-corrected chi connectivity index (χ1v) is 7.75. The molecule has 1 aliphatic carbocycles. The number of fused-ring (bicyclic) bond motifs is 1. The highest BCUT2D eigenvalue weighted by Gasteiger charge is 2.61. The maximum Gasteiger partial charge on any atom is 0.233 e. The fraction of sp³-hybridized carbons (Fsp3) is 0.471. The third-order valence-electron chi connectivity index (χ3n) is 4.92. The van der Waals surface area contributed by atoms with E-state index in [0.717, 1.165) is 17.5 Å². The molecule has 2 heterocycles. The monoisotopic (exact) mass is 298 g/mol. The van der Waals surface area contributed by atoms with Crippen LogP contribution in [0.25, 0.3) is 0 Å². The molecule has 1 saturated carbocycles. The summed E-state index contributed by atoms with van der Waals surface area (Å²) in [5.74, 6) is -0.0863. The summed E-state index contributed by atoms with van der Waals surface area (Å²) in [5.41, 5.74) is 2.14. The first kappa shape index (κ1) is 13.5. The summed E-state index contributed by atoms with van der Waals surface area (Å²) >= 11 is 0. The van der Waals surface area contributed by atoms with Crippen LogP contribution in [0.5, 0.6) is 0 Å². The van der Waals surface area contributed by atoms with Crippen molar-refractivity contribution in [3.05, 3.63) is 35.4 Å². The van der Waals surface area contributed by atoms with Gasteiger partial charge in [-0.3, -0.25) is 19.3 Å². The number of hydrogen-bond donors (Lipinski definition) is 0. The van der Waals surface area contributed by atoms with Gasteiger partial charge in [0.15, 0.2) is 0 Å². The summed E-state index contributed by atoms with van der Waals surface area (Å²) in [6, 6.07) is 7.81. The smallest absolute Gasteiger partial charge is 0.233 e. The molecule has 5 heteroatoms. The summed E-state index contributed by atoms with van der Waals surface area (Å²) in [7, 11) is 0. The average Bonchev–Trinajstić information content (AvgIpc) is 3.16. The first-order valence-electron chi connectivity index (χ1n) is 7.75. The molecule has 1 aromatic carbocycles. The lowest BCUT2D eigenvalue weighted by Gasteiger charge is -2.43. The number of imide groups is 1. The Labute approximate surface area is 128 Å². The van der Waals surface area contributed by atoms with Crippen molar-refractivity contribution in [1.82, 2.24) is 9.80 Å². The van der Waals surface area contributed by atoms with Crippen LogP contribution in [-0.2, 0) is 20.8 Å². The van der Waals surface area contributed by atoms with E-state index in [9.17, 15) is 14.4 Å².